The first-order chi connectivity index (χ1) is 19.2. The lowest BCUT2D eigenvalue weighted by molar-refractivity contribution is -0.127. The van der Waals surface area contributed by atoms with Crippen LogP contribution in [0.25, 0.3) is 0 Å². The summed E-state index contributed by atoms with van der Waals surface area (Å²) in [4.78, 5) is 63.2. The second kappa shape index (κ2) is 13.1. The molecule has 206 valence electrons. The van der Waals surface area contributed by atoms with Crippen LogP contribution in [0.3, 0.4) is 0 Å². The van der Waals surface area contributed by atoms with Gasteiger partial charge < -0.3 is 15.7 Å². The molecule has 0 spiro atoms. The van der Waals surface area contributed by atoms with Crippen molar-refractivity contribution in [2.75, 3.05) is 17.2 Å². The lowest BCUT2D eigenvalue weighted by Crippen LogP contribution is -2.33. The van der Waals surface area contributed by atoms with E-state index in [1.54, 1.807) is 30.3 Å². The van der Waals surface area contributed by atoms with E-state index in [2.05, 4.69) is 17.6 Å². The molecule has 0 aliphatic carbocycles. The lowest BCUT2D eigenvalue weighted by Gasteiger charge is -2.14. The molecule has 1 aliphatic heterocycles. The molecule has 1 fully saturated rings. The number of amides is 4. The average Bonchev–Trinajstić information content (AvgIpc) is 3.21. The lowest BCUT2D eigenvalue weighted by atomic mass is 10.1. The molecular formula is C30H29N3O6S. The molecule has 1 heterocycles. The number of hydrogen-bond acceptors (Lipinski definition) is 6. The molecular weight excluding hydrogens is 530 g/mol. The van der Waals surface area contributed by atoms with Crippen LogP contribution < -0.4 is 10.6 Å². The summed E-state index contributed by atoms with van der Waals surface area (Å²) in [6, 6.07) is 20.4. The molecule has 4 amide bonds. The van der Waals surface area contributed by atoms with Crippen LogP contribution in [-0.4, -0.2) is 50.7 Å². The highest BCUT2D eigenvalue weighted by molar-refractivity contribution is 8.15. The summed E-state index contributed by atoms with van der Waals surface area (Å²) < 4.78 is 0. The molecule has 3 aromatic rings. The number of hydrogen-bond donors (Lipinski definition) is 3. The highest BCUT2D eigenvalue weighted by atomic mass is 32.2. The Hall–Kier alpha value is -4.44. The Morgan fingerprint density at radius 3 is 2.30 bits per heavy atom. The number of nitrogens with zero attached hydrogens (tertiary/aromatic N) is 1. The molecule has 1 unspecified atom stereocenters. The number of anilines is 2. The van der Waals surface area contributed by atoms with Crippen molar-refractivity contribution in [1.29, 1.82) is 0 Å². The Kier molecular flexibility index (Phi) is 9.34. The van der Waals surface area contributed by atoms with Crippen LogP contribution in [0.15, 0.2) is 72.8 Å². The molecule has 0 saturated carbocycles. The monoisotopic (exact) mass is 559 g/mol. The Morgan fingerprint density at radius 1 is 0.925 bits per heavy atom. The van der Waals surface area contributed by atoms with E-state index in [-0.39, 0.29) is 47.7 Å². The highest BCUT2D eigenvalue weighted by Gasteiger charge is 2.39. The summed E-state index contributed by atoms with van der Waals surface area (Å²) in [6.07, 6.45) is 1.70. The number of carbonyl (C=O) groups is 5. The standard InChI is InChI=1S/C30H29N3O6S/c1-2-19-10-12-20(13-11-19)17-25-28(36)33(30(39)40-25)16-6-9-26(34)31-22-14-15-23(29(37)38)24(18-22)32-27(35)21-7-4-3-5-8-21/h3-5,7-8,10-15,18,25H,2,6,9,16-17H2,1H3,(H,31,34)(H,32,35)(H,37,38). The van der Waals surface area contributed by atoms with Crippen molar-refractivity contribution in [2.45, 2.75) is 37.9 Å². The van der Waals surface area contributed by atoms with Gasteiger partial charge in [0.2, 0.25) is 11.8 Å². The number of nitrogens with one attached hydrogen (secondary N) is 2. The topological polar surface area (TPSA) is 133 Å². The summed E-state index contributed by atoms with van der Waals surface area (Å²) >= 11 is 1.01. The van der Waals surface area contributed by atoms with Crippen molar-refractivity contribution < 1.29 is 29.1 Å². The number of carboxylic acid groups (broad SMARTS) is 1. The van der Waals surface area contributed by atoms with Crippen molar-refractivity contribution in [2.24, 2.45) is 0 Å². The molecule has 4 rings (SSSR count). The molecule has 1 atom stereocenters. The van der Waals surface area contributed by atoms with Crippen LogP contribution in [0.2, 0.25) is 0 Å². The van der Waals surface area contributed by atoms with Crippen molar-refractivity contribution in [3.63, 3.8) is 0 Å². The Labute approximate surface area is 236 Å². The molecule has 3 aromatic carbocycles. The molecule has 40 heavy (non-hydrogen) atoms. The molecule has 9 nitrogen and oxygen atoms in total. The van der Waals surface area contributed by atoms with Crippen LogP contribution in [0.5, 0.6) is 0 Å². The van der Waals surface area contributed by atoms with Crippen molar-refractivity contribution in [3.8, 4) is 0 Å². The third-order valence-corrected chi connectivity index (χ3v) is 7.54. The van der Waals surface area contributed by atoms with Gasteiger partial charge in [-0.15, -0.1) is 0 Å². The van der Waals surface area contributed by atoms with Gasteiger partial charge in [0, 0.05) is 24.2 Å². The zero-order valence-electron chi connectivity index (χ0n) is 21.9. The fourth-order valence-corrected chi connectivity index (χ4v) is 5.33. The number of imide groups is 1. The summed E-state index contributed by atoms with van der Waals surface area (Å²) in [5.74, 6) is -2.34. The van der Waals surface area contributed by atoms with E-state index in [9.17, 15) is 29.1 Å². The smallest absolute Gasteiger partial charge is 0.337 e. The van der Waals surface area contributed by atoms with E-state index >= 15 is 0 Å². The van der Waals surface area contributed by atoms with Gasteiger partial charge >= 0.3 is 5.97 Å². The fourth-order valence-electron chi connectivity index (χ4n) is 4.27. The van der Waals surface area contributed by atoms with Gasteiger partial charge in [-0.05, 0) is 60.7 Å². The van der Waals surface area contributed by atoms with Gasteiger partial charge in [-0.3, -0.25) is 24.1 Å². The Balaban J connectivity index is 1.31. The molecule has 3 N–H and O–H groups in total. The third-order valence-electron chi connectivity index (χ3n) is 6.46. The first-order valence-corrected chi connectivity index (χ1v) is 13.8. The molecule has 0 aromatic heterocycles. The summed E-state index contributed by atoms with van der Waals surface area (Å²) in [5, 5.41) is 14.0. The molecule has 1 saturated heterocycles. The largest absolute Gasteiger partial charge is 0.478 e. The first kappa shape index (κ1) is 28.6. The summed E-state index contributed by atoms with van der Waals surface area (Å²) in [7, 11) is 0. The maximum atomic E-state index is 12.8. The van der Waals surface area contributed by atoms with E-state index in [1.165, 1.54) is 28.7 Å². The van der Waals surface area contributed by atoms with E-state index < -0.39 is 17.1 Å². The maximum absolute atomic E-state index is 12.8. The van der Waals surface area contributed by atoms with E-state index in [4.69, 9.17) is 0 Å². The van der Waals surface area contributed by atoms with Crippen molar-refractivity contribution >= 4 is 52.1 Å². The van der Waals surface area contributed by atoms with Gasteiger partial charge in [-0.2, -0.15) is 0 Å². The summed E-state index contributed by atoms with van der Waals surface area (Å²) in [6.45, 7) is 2.20. The normalized spacial score (nSPS) is 14.7. The van der Waals surface area contributed by atoms with Crippen LogP contribution in [-0.2, 0) is 22.4 Å². The predicted octanol–water partition coefficient (Wildman–Crippen LogP) is 5.22. The van der Waals surface area contributed by atoms with Crippen LogP contribution in [0.4, 0.5) is 16.2 Å². The molecule has 10 heteroatoms. The van der Waals surface area contributed by atoms with Gasteiger partial charge in [0.1, 0.15) is 0 Å². The molecule has 1 aliphatic rings. The fraction of sp³-hybridized carbons (Fsp3) is 0.233. The van der Waals surface area contributed by atoms with Crippen LogP contribution in [0, 0.1) is 0 Å². The SMILES string of the molecule is CCc1ccc(CC2SC(=O)N(CCCC(=O)Nc3ccc(C(=O)O)c(NC(=O)c4ccccc4)c3)C2=O)cc1. The highest BCUT2D eigenvalue weighted by Crippen LogP contribution is 2.30. The quantitative estimate of drug-likeness (QED) is 0.293. The predicted molar refractivity (Wildman–Crippen MR) is 154 cm³/mol. The van der Waals surface area contributed by atoms with Crippen LogP contribution >= 0.6 is 11.8 Å². The van der Waals surface area contributed by atoms with E-state index in [0.717, 1.165) is 23.7 Å². The van der Waals surface area contributed by atoms with E-state index in [1.807, 2.05) is 24.3 Å². The van der Waals surface area contributed by atoms with Crippen molar-refractivity contribution in [3.05, 3.63) is 95.1 Å². The first-order valence-electron chi connectivity index (χ1n) is 12.9. The number of carboxylic acids is 1. The number of aryl methyl sites for hydroxylation is 1. The number of aromatic carboxylic acids is 1. The maximum Gasteiger partial charge on any atom is 0.337 e. The number of benzene rings is 3. The zero-order valence-corrected chi connectivity index (χ0v) is 22.7. The summed E-state index contributed by atoms with van der Waals surface area (Å²) in [5.41, 5.74) is 2.77. The molecule has 0 radical (unpaired) electrons. The molecule has 0 bridgehead atoms. The van der Waals surface area contributed by atoms with Gasteiger partial charge in [-0.1, -0.05) is 61.2 Å². The average molecular weight is 560 g/mol. The van der Waals surface area contributed by atoms with Gasteiger partial charge in [0.05, 0.1) is 16.5 Å². The Morgan fingerprint density at radius 2 is 1.62 bits per heavy atom. The minimum Gasteiger partial charge on any atom is -0.478 e. The minimum absolute atomic E-state index is 0.0390. The van der Waals surface area contributed by atoms with Gasteiger partial charge in [-0.25, -0.2) is 4.79 Å². The van der Waals surface area contributed by atoms with Crippen molar-refractivity contribution in [1.82, 2.24) is 4.90 Å². The third kappa shape index (κ3) is 7.15. The van der Waals surface area contributed by atoms with Crippen LogP contribution in [0.1, 0.15) is 51.6 Å². The number of rotatable bonds is 11. The zero-order chi connectivity index (χ0) is 28.6. The number of carbonyl (C=O) groups excluding carboxylic acids is 4. The second-order valence-corrected chi connectivity index (χ2v) is 10.4. The number of thioether (sulfide) groups is 1. The minimum atomic E-state index is -1.23. The van der Waals surface area contributed by atoms with Gasteiger partial charge in [0.15, 0.2) is 0 Å². The Bertz CT molecular complexity index is 1430. The second-order valence-electron chi connectivity index (χ2n) is 9.27. The van der Waals surface area contributed by atoms with Gasteiger partial charge in [0.25, 0.3) is 11.1 Å². The van der Waals surface area contributed by atoms with E-state index in [0.29, 0.717) is 17.7 Å².